The number of carbonyl (C=O) groups is 1. The number of fused-ring (bicyclic) bond motifs is 1. The molecule has 2 heteroatoms. The van der Waals surface area contributed by atoms with Crippen LogP contribution in [0.4, 0.5) is 0 Å². The smallest absolute Gasteiger partial charge is 0.142 e. The van der Waals surface area contributed by atoms with Gasteiger partial charge in [0.05, 0.1) is 6.04 Å². The Morgan fingerprint density at radius 1 is 1.08 bits per heavy atom. The van der Waals surface area contributed by atoms with E-state index in [1.807, 2.05) is 33.8 Å². The number of carbonyl (C=O) groups excluding carboxylic acids is 1. The summed E-state index contributed by atoms with van der Waals surface area (Å²) in [6.45, 7) is 24.9. The molecule has 202 valence electrons. The molecule has 0 spiro atoms. The third-order valence-corrected chi connectivity index (χ3v) is 5.29. The Kier molecular flexibility index (Phi) is 23.8. The lowest BCUT2D eigenvalue weighted by Gasteiger charge is -2.24. The predicted octanol–water partition coefficient (Wildman–Crippen LogP) is 10.1. The highest BCUT2D eigenvalue weighted by Crippen LogP contribution is 2.32. The van der Waals surface area contributed by atoms with E-state index in [4.69, 9.17) is 0 Å². The van der Waals surface area contributed by atoms with Crippen LogP contribution in [0.15, 0.2) is 73.0 Å². The molecule has 1 N–H and O–H groups in total. The maximum Gasteiger partial charge on any atom is 0.142 e. The number of rotatable bonds is 12. The minimum absolute atomic E-state index is 0.241. The van der Waals surface area contributed by atoms with E-state index in [1.165, 1.54) is 23.1 Å². The average Bonchev–Trinajstić information content (AvgIpc) is 2.89. The molecule has 0 heterocycles. The van der Waals surface area contributed by atoms with E-state index >= 15 is 0 Å². The topological polar surface area (TPSA) is 29.1 Å². The van der Waals surface area contributed by atoms with Gasteiger partial charge < -0.3 is 10.1 Å². The molecule has 0 radical (unpaired) electrons. The minimum Gasteiger partial charge on any atom is -0.379 e. The molecule has 1 aliphatic carbocycles. The molecule has 2 nitrogen and oxygen atoms in total. The van der Waals surface area contributed by atoms with E-state index in [0.717, 1.165) is 49.7 Å². The highest BCUT2D eigenvalue weighted by Gasteiger charge is 2.19. The van der Waals surface area contributed by atoms with Gasteiger partial charge in [-0.05, 0) is 61.1 Å². The zero-order valence-electron chi connectivity index (χ0n) is 24.7. The summed E-state index contributed by atoms with van der Waals surface area (Å²) in [6, 6.07) is 6.15. The maximum atomic E-state index is 11.7. The first kappa shape index (κ1) is 35.6. The van der Waals surface area contributed by atoms with Crippen molar-refractivity contribution < 1.29 is 4.79 Å². The summed E-state index contributed by atoms with van der Waals surface area (Å²) in [6.07, 6.45) is 20.5. The van der Waals surface area contributed by atoms with Crippen molar-refractivity contribution in [3.05, 3.63) is 89.7 Å². The molecule has 0 bridgehead atoms. The third-order valence-electron chi connectivity index (χ3n) is 5.29. The molecule has 2 unspecified atom stereocenters. The summed E-state index contributed by atoms with van der Waals surface area (Å²) >= 11 is 0. The van der Waals surface area contributed by atoms with E-state index in [1.54, 1.807) is 0 Å². The van der Waals surface area contributed by atoms with Gasteiger partial charge in [-0.1, -0.05) is 135 Å². The summed E-state index contributed by atoms with van der Waals surface area (Å²) < 4.78 is 0. The van der Waals surface area contributed by atoms with Crippen molar-refractivity contribution in [2.75, 3.05) is 0 Å². The SMILES string of the molecule is C=C(/C=C\C=C/CC)CCCC(=C)NC(C=O)Cc1cccc2c1C(C)CC=C2.CC.CC.CCC. The molecule has 0 fully saturated rings. The summed E-state index contributed by atoms with van der Waals surface area (Å²) in [5, 5.41) is 3.33. The maximum absolute atomic E-state index is 11.7. The van der Waals surface area contributed by atoms with E-state index in [2.05, 4.69) is 94.7 Å². The molecule has 1 aromatic rings. The van der Waals surface area contributed by atoms with Crippen LogP contribution in [0.1, 0.15) is 117 Å². The molecule has 1 aromatic carbocycles. The number of hydrogen-bond donors (Lipinski definition) is 1. The second-order valence-corrected chi connectivity index (χ2v) is 8.57. The summed E-state index contributed by atoms with van der Waals surface area (Å²) in [5.74, 6) is 0.493. The lowest BCUT2D eigenvalue weighted by molar-refractivity contribution is -0.109. The van der Waals surface area contributed by atoms with Gasteiger partial charge in [-0.15, -0.1) is 0 Å². The molecule has 0 amide bonds. The molecule has 2 atom stereocenters. The van der Waals surface area contributed by atoms with Gasteiger partial charge in [0.15, 0.2) is 0 Å². The monoisotopic (exact) mass is 493 g/mol. The van der Waals surface area contributed by atoms with Crippen molar-refractivity contribution >= 4 is 12.4 Å². The number of benzene rings is 1. The van der Waals surface area contributed by atoms with E-state index in [9.17, 15) is 4.79 Å². The summed E-state index contributed by atoms with van der Waals surface area (Å²) in [4.78, 5) is 11.7. The van der Waals surface area contributed by atoms with Gasteiger partial charge in [0.25, 0.3) is 0 Å². The standard InChI is InChI=1S/C27H35NO.C3H8.2C2H6/c1-5-6-7-8-12-21(2)13-9-15-23(4)28-26(20-29)19-25-18-11-17-24-16-10-14-22(3)27(24)25;1-3-2;2*1-2/h6-8,10-12,16-18,20,22,26,28H,2,4-5,9,13-15,19H2,1,3H3;3H2,1-2H3;2*1-2H3/b7-6-,12-8-;;;. The van der Waals surface area contributed by atoms with Crippen LogP contribution in [-0.4, -0.2) is 12.3 Å². The molecule has 0 aromatic heterocycles. The highest BCUT2D eigenvalue weighted by atomic mass is 16.1. The number of aldehydes is 1. The summed E-state index contributed by atoms with van der Waals surface area (Å²) in [7, 11) is 0. The summed E-state index contributed by atoms with van der Waals surface area (Å²) in [5.41, 5.74) is 5.96. The fourth-order valence-electron chi connectivity index (χ4n) is 3.80. The van der Waals surface area contributed by atoms with Gasteiger partial charge >= 0.3 is 0 Å². The van der Waals surface area contributed by atoms with Gasteiger partial charge in [0.1, 0.15) is 6.29 Å². The van der Waals surface area contributed by atoms with Gasteiger partial charge in [0, 0.05) is 5.70 Å². The van der Waals surface area contributed by atoms with Crippen LogP contribution in [0.25, 0.3) is 6.08 Å². The Hall–Kier alpha value is -2.61. The second kappa shape index (κ2) is 24.1. The Morgan fingerprint density at radius 3 is 2.36 bits per heavy atom. The van der Waals surface area contributed by atoms with Crippen LogP contribution >= 0.6 is 0 Å². The van der Waals surface area contributed by atoms with Crippen molar-refractivity contribution in [2.45, 2.75) is 112 Å². The van der Waals surface area contributed by atoms with Crippen molar-refractivity contribution in [1.82, 2.24) is 5.32 Å². The van der Waals surface area contributed by atoms with Gasteiger partial charge in [0.2, 0.25) is 0 Å². The molecule has 0 saturated heterocycles. The lowest BCUT2D eigenvalue weighted by Crippen LogP contribution is -2.32. The van der Waals surface area contributed by atoms with Crippen molar-refractivity contribution in [1.29, 1.82) is 0 Å². The first-order valence-corrected chi connectivity index (χ1v) is 14.2. The van der Waals surface area contributed by atoms with E-state index in [0.29, 0.717) is 12.3 Å². The highest BCUT2D eigenvalue weighted by molar-refractivity contribution is 5.63. The van der Waals surface area contributed by atoms with Crippen molar-refractivity contribution in [3.63, 3.8) is 0 Å². The van der Waals surface area contributed by atoms with Crippen LogP contribution < -0.4 is 5.32 Å². The molecule has 36 heavy (non-hydrogen) atoms. The first-order chi connectivity index (χ1) is 17.5. The molecule has 2 rings (SSSR count). The zero-order chi connectivity index (χ0) is 27.8. The molecular weight excluding hydrogens is 438 g/mol. The Morgan fingerprint density at radius 2 is 1.75 bits per heavy atom. The lowest BCUT2D eigenvalue weighted by atomic mass is 9.83. The van der Waals surface area contributed by atoms with Crippen molar-refractivity contribution in [2.24, 2.45) is 0 Å². The Balaban J connectivity index is 0. The van der Waals surface area contributed by atoms with Crippen LogP contribution in [0, 0.1) is 0 Å². The molecule has 0 saturated carbocycles. The average molecular weight is 494 g/mol. The second-order valence-electron chi connectivity index (χ2n) is 8.57. The van der Waals surface area contributed by atoms with Crippen LogP contribution in [-0.2, 0) is 11.2 Å². The third kappa shape index (κ3) is 15.4. The minimum atomic E-state index is -0.241. The quantitative estimate of drug-likeness (QED) is 0.232. The number of hydrogen-bond acceptors (Lipinski definition) is 2. The molecule has 1 aliphatic rings. The Bertz CT molecular complexity index is 812. The van der Waals surface area contributed by atoms with Crippen LogP contribution in [0.2, 0.25) is 0 Å². The first-order valence-electron chi connectivity index (χ1n) is 14.2. The Labute approximate surface area is 224 Å². The van der Waals surface area contributed by atoms with Crippen LogP contribution in [0.3, 0.4) is 0 Å². The van der Waals surface area contributed by atoms with Crippen molar-refractivity contribution in [3.8, 4) is 0 Å². The van der Waals surface area contributed by atoms with Crippen LogP contribution in [0.5, 0.6) is 0 Å². The largest absolute Gasteiger partial charge is 0.379 e. The van der Waals surface area contributed by atoms with E-state index in [-0.39, 0.29) is 6.04 Å². The predicted molar refractivity (Wildman–Crippen MR) is 165 cm³/mol. The van der Waals surface area contributed by atoms with E-state index < -0.39 is 0 Å². The molecular formula is C34H55NO. The molecule has 0 aliphatic heterocycles. The van der Waals surface area contributed by atoms with Gasteiger partial charge in [-0.25, -0.2) is 0 Å². The number of allylic oxidation sites excluding steroid dienone is 7. The fraction of sp³-hybridized carbons (Fsp3) is 0.500. The zero-order valence-corrected chi connectivity index (χ0v) is 24.7. The number of nitrogens with one attached hydrogen (secondary N) is 1. The fourth-order valence-corrected chi connectivity index (χ4v) is 3.80. The van der Waals surface area contributed by atoms with Gasteiger partial charge in [-0.2, -0.15) is 0 Å². The van der Waals surface area contributed by atoms with Gasteiger partial charge in [-0.3, -0.25) is 0 Å². The normalized spacial score (nSPS) is 14.3.